The molecule has 1 N–H and O–H groups in total. The highest BCUT2D eigenvalue weighted by molar-refractivity contribution is 5.28. The first kappa shape index (κ1) is 14.6. The Kier molecular flexibility index (Phi) is 4.06. The topological polar surface area (TPSA) is 20.2 Å². The Morgan fingerprint density at radius 2 is 1.79 bits per heavy atom. The lowest BCUT2D eigenvalue weighted by Crippen LogP contribution is -2.39. The third-order valence-electron chi connectivity index (χ3n) is 4.39. The molecule has 106 valence electrons. The Labute approximate surface area is 118 Å². The maximum Gasteiger partial charge on any atom is 0.0904 e. The molecule has 1 aromatic carbocycles. The summed E-state index contributed by atoms with van der Waals surface area (Å²) in [4.78, 5) is 0. The first-order valence-corrected chi connectivity index (χ1v) is 7.66. The minimum atomic E-state index is -0.633. The molecule has 0 saturated heterocycles. The van der Waals surface area contributed by atoms with Crippen LogP contribution in [0.3, 0.4) is 0 Å². The third-order valence-corrected chi connectivity index (χ3v) is 4.39. The second-order valence-electron chi connectivity index (χ2n) is 7.33. The van der Waals surface area contributed by atoms with Crippen molar-refractivity contribution in [3.8, 4) is 0 Å². The van der Waals surface area contributed by atoms with Crippen LogP contribution in [-0.2, 0) is 12.0 Å². The normalized spacial score (nSPS) is 30.3. The number of aryl methyl sites for hydroxylation is 1. The Morgan fingerprint density at radius 3 is 2.32 bits per heavy atom. The van der Waals surface area contributed by atoms with Crippen LogP contribution >= 0.6 is 0 Å². The van der Waals surface area contributed by atoms with Crippen LogP contribution in [0.15, 0.2) is 24.3 Å². The molecule has 1 aliphatic carbocycles. The second-order valence-corrected chi connectivity index (χ2v) is 7.33. The summed E-state index contributed by atoms with van der Waals surface area (Å²) in [6.45, 7) is 9.02. The van der Waals surface area contributed by atoms with Gasteiger partial charge in [0.15, 0.2) is 0 Å². The van der Waals surface area contributed by atoms with Crippen molar-refractivity contribution in [1.29, 1.82) is 0 Å². The molecule has 0 amide bonds. The summed E-state index contributed by atoms with van der Waals surface area (Å²) in [5.74, 6) is 0.587. The van der Waals surface area contributed by atoms with E-state index in [0.717, 1.165) is 24.8 Å². The third kappa shape index (κ3) is 3.39. The fourth-order valence-electron chi connectivity index (χ4n) is 4.02. The van der Waals surface area contributed by atoms with Crippen LogP contribution in [0.5, 0.6) is 0 Å². The van der Waals surface area contributed by atoms with Crippen molar-refractivity contribution in [2.24, 2.45) is 11.3 Å². The van der Waals surface area contributed by atoms with E-state index in [-0.39, 0.29) is 5.41 Å². The van der Waals surface area contributed by atoms with Crippen molar-refractivity contribution in [2.45, 2.75) is 65.4 Å². The zero-order valence-electron chi connectivity index (χ0n) is 12.9. The van der Waals surface area contributed by atoms with Gasteiger partial charge in [-0.15, -0.1) is 0 Å². The van der Waals surface area contributed by atoms with Gasteiger partial charge >= 0.3 is 0 Å². The number of aliphatic hydroxyl groups is 1. The van der Waals surface area contributed by atoms with Gasteiger partial charge in [0, 0.05) is 0 Å². The highest BCUT2D eigenvalue weighted by atomic mass is 16.3. The molecule has 0 aliphatic heterocycles. The molecule has 2 rings (SSSR count). The fraction of sp³-hybridized carbons (Fsp3) is 0.667. The van der Waals surface area contributed by atoms with Crippen LogP contribution in [0.1, 0.15) is 64.5 Å². The molecule has 1 nitrogen and oxygen atoms in total. The molecular formula is C18H28O. The minimum absolute atomic E-state index is 0.231. The smallest absolute Gasteiger partial charge is 0.0904 e. The zero-order chi connectivity index (χ0) is 14.1. The Balaban J connectivity index is 2.23. The first-order chi connectivity index (χ1) is 8.85. The highest BCUT2D eigenvalue weighted by Crippen LogP contribution is 2.48. The van der Waals surface area contributed by atoms with Crippen molar-refractivity contribution in [2.75, 3.05) is 0 Å². The van der Waals surface area contributed by atoms with Gasteiger partial charge in [-0.05, 0) is 48.1 Å². The van der Waals surface area contributed by atoms with Gasteiger partial charge in [-0.2, -0.15) is 0 Å². The molecule has 19 heavy (non-hydrogen) atoms. The maximum absolute atomic E-state index is 11.1. The summed E-state index contributed by atoms with van der Waals surface area (Å²) >= 11 is 0. The minimum Gasteiger partial charge on any atom is -0.385 e. The number of rotatable bonds is 3. The van der Waals surface area contributed by atoms with Crippen molar-refractivity contribution < 1.29 is 5.11 Å². The number of hydrogen-bond acceptors (Lipinski definition) is 1. The molecule has 2 unspecified atom stereocenters. The molecule has 0 radical (unpaired) electrons. The first-order valence-electron chi connectivity index (χ1n) is 7.66. The molecule has 2 atom stereocenters. The van der Waals surface area contributed by atoms with E-state index in [1.54, 1.807) is 0 Å². The van der Waals surface area contributed by atoms with Crippen LogP contribution in [0.4, 0.5) is 0 Å². The lowest BCUT2D eigenvalue weighted by Gasteiger charge is -2.45. The van der Waals surface area contributed by atoms with Gasteiger partial charge in [-0.25, -0.2) is 0 Å². The Bertz CT molecular complexity index is 418. The molecule has 1 aromatic rings. The fourth-order valence-corrected chi connectivity index (χ4v) is 4.02. The highest BCUT2D eigenvalue weighted by Gasteiger charge is 2.42. The van der Waals surface area contributed by atoms with Gasteiger partial charge in [0.05, 0.1) is 5.60 Å². The molecule has 1 fully saturated rings. The van der Waals surface area contributed by atoms with Gasteiger partial charge < -0.3 is 5.11 Å². The van der Waals surface area contributed by atoms with Crippen LogP contribution in [0.2, 0.25) is 0 Å². The summed E-state index contributed by atoms with van der Waals surface area (Å²) in [7, 11) is 0. The molecule has 1 heteroatoms. The predicted octanol–water partition coefficient (Wildman–Crippen LogP) is 4.67. The number of hydrogen-bond donors (Lipinski definition) is 1. The van der Waals surface area contributed by atoms with E-state index < -0.39 is 5.60 Å². The van der Waals surface area contributed by atoms with Crippen molar-refractivity contribution in [1.82, 2.24) is 0 Å². The largest absolute Gasteiger partial charge is 0.385 e. The summed E-state index contributed by atoms with van der Waals surface area (Å²) in [5.41, 5.74) is 2.07. The summed E-state index contributed by atoms with van der Waals surface area (Å²) in [6, 6.07) is 8.64. The van der Waals surface area contributed by atoms with Crippen LogP contribution in [0.25, 0.3) is 0 Å². The van der Waals surface area contributed by atoms with E-state index in [4.69, 9.17) is 0 Å². The van der Waals surface area contributed by atoms with E-state index >= 15 is 0 Å². The molecule has 0 bridgehead atoms. The zero-order valence-corrected chi connectivity index (χ0v) is 12.9. The number of benzene rings is 1. The van der Waals surface area contributed by atoms with E-state index in [2.05, 4.69) is 52.0 Å². The quantitative estimate of drug-likeness (QED) is 0.837. The maximum atomic E-state index is 11.1. The lowest BCUT2D eigenvalue weighted by molar-refractivity contribution is -0.0635. The average Bonchev–Trinajstić information content (AvgIpc) is 2.26. The summed E-state index contributed by atoms with van der Waals surface area (Å²) < 4.78 is 0. The van der Waals surface area contributed by atoms with Crippen molar-refractivity contribution in [3.05, 3.63) is 35.4 Å². The SMILES string of the molecule is CCCc1ccc(C2(O)CC(C)CC(C)(C)C2)cc1. The van der Waals surface area contributed by atoms with E-state index in [1.165, 1.54) is 18.4 Å². The Morgan fingerprint density at radius 1 is 1.16 bits per heavy atom. The molecular weight excluding hydrogens is 232 g/mol. The second kappa shape index (κ2) is 5.28. The predicted molar refractivity (Wildman–Crippen MR) is 81.1 cm³/mol. The van der Waals surface area contributed by atoms with Crippen molar-refractivity contribution in [3.63, 3.8) is 0 Å². The van der Waals surface area contributed by atoms with Gasteiger partial charge in [0.2, 0.25) is 0 Å². The summed E-state index contributed by atoms with van der Waals surface area (Å²) in [5, 5.41) is 11.1. The van der Waals surface area contributed by atoms with Gasteiger partial charge in [0.1, 0.15) is 0 Å². The van der Waals surface area contributed by atoms with Crippen LogP contribution < -0.4 is 0 Å². The lowest BCUT2D eigenvalue weighted by atomic mass is 9.64. The van der Waals surface area contributed by atoms with Gasteiger partial charge in [-0.3, -0.25) is 0 Å². The van der Waals surface area contributed by atoms with Crippen molar-refractivity contribution >= 4 is 0 Å². The molecule has 1 aliphatic rings. The molecule has 1 saturated carbocycles. The van der Waals surface area contributed by atoms with Crippen LogP contribution in [-0.4, -0.2) is 5.11 Å². The Hall–Kier alpha value is -0.820. The van der Waals surface area contributed by atoms with E-state index in [0.29, 0.717) is 5.92 Å². The molecule has 0 spiro atoms. The van der Waals surface area contributed by atoms with Gasteiger partial charge in [0.25, 0.3) is 0 Å². The van der Waals surface area contributed by atoms with Gasteiger partial charge in [-0.1, -0.05) is 58.4 Å². The molecule has 0 aromatic heterocycles. The van der Waals surface area contributed by atoms with E-state index in [1.807, 2.05) is 0 Å². The monoisotopic (exact) mass is 260 g/mol. The molecule has 0 heterocycles. The standard InChI is InChI=1S/C18H28O/c1-5-6-15-7-9-16(10-8-15)18(19)12-14(2)11-17(3,4)13-18/h7-10,14,19H,5-6,11-13H2,1-4H3. The van der Waals surface area contributed by atoms with Crippen LogP contribution in [0, 0.1) is 11.3 Å². The van der Waals surface area contributed by atoms with E-state index in [9.17, 15) is 5.11 Å². The average molecular weight is 260 g/mol. The summed E-state index contributed by atoms with van der Waals surface area (Å²) in [6.07, 6.45) is 5.28.